The fraction of sp³-hybridized carbons (Fsp3) is 0.235. The largest absolute Gasteiger partial charge is 0.461 e. The summed E-state index contributed by atoms with van der Waals surface area (Å²) in [5.74, 6) is 1.40. The number of urea groups is 1. The van der Waals surface area contributed by atoms with Crippen molar-refractivity contribution in [1.29, 1.82) is 0 Å². The van der Waals surface area contributed by atoms with Crippen molar-refractivity contribution in [2.45, 2.75) is 19.8 Å². The Labute approximate surface area is 139 Å². The molecule has 0 unspecified atom stereocenters. The average Bonchev–Trinajstić information content (AvgIpc) is 3.26. The quantitative estimate of drug-likeness (QED) is 0.723. The second-order valence-electron chi connectivity index (χ2n) is 5.20. The average molecular weight is 326 g/mol. The van der Waals surface area contributed by atoms with E-state index in [1.807, 2.05) is 31.2 Å². The number of rotatable bonds is 6. The monoisotopic (exact) mass is 326 g/mol. The molecule has 7 nitrogen and oxygen atoms in total. The predicted molar refractivity (Wildman–Crippen MR) is 88.6 cm³/mol. The first-order chi connectivity index (χ1) is 11.8. The third-order valence-corrected chi connectivity index (χ3v) is 3.35. The summed E-state index contributed by atoms with van der Waals surface area (Å²) in [7, 11) is 0. The van der Waals surface area contributed by atoms with Crippen LogP contribution in [0.1, 0.15) is 24.8 Å². The van der Waals surface area contributed by atoms with Crippen LogP contribution in [-0.2, 0) is 6.42 Å². The van der Waals surface area contributed by atoms with Crippen molar-refractivity contribution in [1.82, 2.24) is 15.5 Å². The van der Waals surface area contributed by atoms with Crippen LogP contribution in [-0.4, -0.2) is 22.7 Å². The number of nitrogens with zero attached hydrogens (tertiary/aromatic N) is 2. The van der Waals surface area contributed by atoms with Gasteiger partial charge in [-0.3, -0.25) is 0 Å². The topological polar surface area (TPSA) is 93.2 Å². The number of benzene rings is 1. The number of hydrogen-bond acceptors (Lipinski definition) is 5. The Bertz CT molecular complexity index is 796. The summed E-state index contributed by atoms with van der Waals surface area (Å²) in [6, 6.07) is 10.8. The van der Waals surface area contributed by atoms with Crippen molar-refractivity contribution in [3.63, 3.8) is 0 Å². The molecule has 0 saturated carbocycles. The van der Waals surface area contributed by atoms with E-state index < -0.39 is 0 Å². The fourth-order valence-electron chi connectivity index (χ4n) is 2.20. The maximum atomic E-state index is 11.8. The molecule has 2 amide bonds. The van der Waals surface area contributed by atoms with Crippen molar-refractivity contribution in [3.8, 4) is 11.6 Å². The molecule has 124 valence electrons. The maximum absolute atomic E-state index is 11.8. The normalized spacial score (nSPS) is 10.5. The smallest absolute Gasteiger partial charge is 0.319 e. The molecule has 24 heavy (non-hydrogen) atoms. The summed E-state index contributed by atoms with van der Waals surface area (Å²) >= 11 is 0. The summed E-state index contributed by atoms with van der Waals surface area (Å²) < 4.78 is 10.5. The van der Waals surface area contributed by atoms with Gasteiger partial charge in [0.05, 0.1) is 12.7 Å². The second-order valence-corrected chi connectivity index (χ2v) is 5.20. The number of carbonyl (C=O) groups excluding carboxylic acids is 1. The minimum Gasteiger partial charge on any atom is -0.461 e. The first-order valence-corrected chi connectivity index (χ1v) is 7.75. The van der Waals surface area contributed by atoms with E-state index >= 15 is 0 Å². The zero-order valence-corrected chi connectivity index (χ0v) is 13.3. The number of anilines is 1. The first kappa shape index (κ1) is 15.8. The van der Waals surface area contributed by atoms with Crippen molar-refractivity contribution >= 4 is 11.7 Å². The Morgan fingerprint density at radius 3 is 2.88 bits per heavy atom. The zero-order valence-electron chi connectivity index (χ0n) is 13.3. The van der Waals surface area contributed by atoms with Crippen molar-refractivity contribution < 1.29 is 13.7 Å². The Morgan fingerprint density at radius 1 is 1.21 bits per heavy atom. The van der Waals surface area contributed by atoms with E-state index in [4.69, 9.17) is 8.94 Å². The maximum Gasteiger partial charge on any atom is 0.319 e. The Hall–Kier alpha value is -3.09. The molecule has 0 fully saturated rings. The summed E-state index contributed by atoms with van der Waals surface area (Å²) in [6.07, 6.45) is 2.85. The number of aromatic nitrogens is 2. The highest BCUT2D eigenvalue weighted by Crippen LogP contribution is 2.21. The molecule has 3 rings (SSSR count). The van der Waals surface area contributed by atoms with Crippen LogP contribution in [0.2, 0.25) is 0 Å². The lowest BCUT2D eigenvalue weighted by Crippen LogP contribution is -2.29. The predicted octanol–water partition coefficient (Wildman–Crippen LogP) is 3.45. The van der Waals surface area contributed by atoms with E-state index in [0.717, 1.165) is 12.0 Å². The molecule has 0 bridgehead atoms. The third-order valence-electron chi connectivity index (χ3n) is 3.35. The summed E-state index contributed by atoms with van der Waals surface area (Å²) in [6.45, 7) is 2.63. The highest BCUT2D eigenvalue weighted by atomic mass is 16.5. The molecular weight excluding hydrogens is 308 g/mol. The van der Waals surface area contributed by atoms with E-state index in [-0.39, 0.29) is 6.03 Å². The SMILES string of the molecule is CCCNC(=O)Nc1ccccc1Cc1nc(-c2ccco2)no1. The third kappa shape index (κ3) is 3.81. The van der Waals surface area contributed by atoms with Gasteiger partial charge in [0.2, 0.25) is 11.7 Å². The van der Waals surface area contributed by atoms with E-state index in [2.05, 4.69) is 20.8 Å². The molecule has 0 atom stereocenters. The lowest BCUT2D eigenvalue weighted by Gasteiger charge is -2.10. The van der Waals surface area contributed by atoms with Gasteiger partial charge in [0.15, 0.2) is 5.76 Å². The molecule has 0 aliphatic carbocycles. The molecule has 0 spiro atoms. The van der Waals surface area contributed by atoms with Crippen LogP contribution in [0.3, 0.4) is 0 Å². The number of amides is 2. The molecule has 1 aromatic carbocycles. The van der Waals surface area contributed by atoms with Crippen molar-refractivity contribution in [3.05, 3.63) is 54.1 Å². The Balaban J connectivity index is 1.72. The molecule has 2 aromatic heterocycles. The minimum atomic E-state index is -0.230. The number of para-hydroxylation sites is 1. The van der Waals surface area contributed by atoms with E-state index in [0.29, 0.717) is 36.1 Å². The van der Waals surface area contributed by atoms with Crippen LogP contribution >= 0.6 is 0 Å². The van der Waals surface area contributed by atoms with Gasteiger partial charge in [0, 0.05) is 12.2 Å². The lowest BCUT2D eigenvalue weighted by atomic mass is 10.1. The van der Waals surface area contributed by atoms with Gasteiger partial charge in [-0.15, -0.1) is 0 Å². The van der Waals surface area contributed by atoms with Gasteiger partial charge in [-0.05, 0) is 30.2 Å². The van der Waals surface area contributed by atoms with Gasteiger partial charge in [0.1, 0.15) is 0 Å². The molecule has 0 radical (unpaired) electrons. The van der Waals surface area contributed by atoms with Gasteiger partial charge in [-0.1, -0.05) is 30.3 Å². The lowest BCUT2D eigenvalue weighted by molar-refractivity contribution is 0.252. The fourth-order valence-corrected chi connectivity index (χ4v) is 2.20. The number of hydrogen-bond donors (Lipinski definition) is 2. The molecule has 2 N–H and O–H groups in total. The van der Waals surface area contributed by atoms with Gasteiger partial charge < -0.3 is 19.6 Å². The van der Waals surface area contributed by atoms with E-state index in [9.17, 15) is 4.79 Å². The second kappa shape index (κ2) is 7.45. The van der Waals surface area contributed by atoms with Gasteiger partial charge in [-0.2, -0.15) is 4.98 Å². The van der Waals surface area contributed by atoms with Gasteiger partial charge in [-0.25, -0.2) is 4.79 Å². The van der Waals surface area contributed by atoms with Crippen LogP contribution in [0, 0.1) is 0 Å². The van der Waals surface area contributed by atoms with Crippen LogP contribution in [0.5, 0.6) is 0 Å². The van der Waals surface area contributed by atoms with Crippen LogP contribution in [0.15, 0.2) is 51.6 Å². The van der Waals surface area contributed by atoms with Crippen molar-refractivity contribution in [2.75, 3.05) is 11.9 Å². The number of carbonyl (C=O) groups is 1. The van der Waals surface area contributed by atoms with Gasteiger partial charge in [0.25, 0.3) is 0 Å². The highest BCUT2D eigenvalue weighted by Gasteiger charge is 2.13. The molecule has 7 heteroatoms. The summed E-state index contributed by atoms with van der Waals surface area (Å²) in [5.41, 5.74) is 1.60. The highest BCUT2D eigenvalue weighted by molar-refractivity contribution is 5.90. The van der Waals surface area contributed by atoms with Crippen LogP contribution in [0.4, 0.5) is 10.5 Å². The van der Waals surface area contributed by atoms with Gasteiger partial charge >= 0.3 is 6.03 Å². The zero-order chi connectivity index (χ0) is 16.8. The molecule has 3 aromatic rings. The van der Waals surface area contributed by atoms with E-state index in [1.54, 1.807) is 18.4 Å². The van der Waals surface area contributed by atoms with E-state index in [1.165, 1.54) is 0 Å². The van der Waals surface area contributed by atoms with Crippen molar-refractivity contribution in [2.24, 2.45) is 0 Å². The number of nitrogens with one attached hydrogen (secondary N) is 2. The molecular formula is C17H18N4O3. The molecule has 0 saturated heterocycles. The summed E-state index contributed by atoms with van der Waals surface area (Å²) in [4.78, 5) is 16.2. The molecule has 2 heterocycles. The number of furan rings is 1. The molecule has 0 aliphatic rings. The first-order valence-electron chi connectivity index (χ1n) is 7.75. The minimum absolute atomic E-state index is 0.230. The standard InChI is InChI=1S/C17H18N4O3/c1-2-9-18-17(22)19-13-7-4-3-6-12(13)11-15-20-16(21-24-15)14-8-5-10-23-14/h3-8,10H,2,9,11H2,1H3,(H2,18,19,22). The van der Waals surface area contributed by atoms with Crippen LogP contribution in [0.25, 0.3) is 11.6 Å². The Kier molecular flexibility index (Phi) is 4.90. The molecule has 0 aliphatic heterocycles. The summed E-state index contributed by atoms with van der Waals surface area (Å²) in [5, 5.41) is 9.53. The van der Waals surface area contributed by atoms with Crippen LogP contribution < -0.4 is 10.6 Å². The Morgan fingerprint density at radius 2 is 2.08 bits per heavy atom.